The number of benzene rings is 1. The van der Waals surface area contributed by atoms with Gasteiger partial charge in [-0.25, -0.2) is 0 Å². The molecule has 3 rings (SSSR count). The van der Waals surface area contributed by atoms with Gasteiger partial charge in [0.25, 0.3) is 0 Å². The number of halogens is 1. The number of hydrogen-bond donors (Lipinski definition) is 1. The SMILES string of the molecule is COc1ccc(Br)cc1C(O)C1CCc2cccnc21. The van der Waals surface area contributed by atoms with Crippen molar-refractivity contribution in [1.82, 2.24) is 4.98 Å². The van der Waals surface area contributed by atoms with E-state index in [1.165, 1.54) is 5.56 Å². The second kappa shape index (κ2) is 5.54. The molecule has 0 amide bonds. The van der Waals surface area contributed by atoms with Crippen molar-refractivity contribution in [2.75, 3.05) is 7.11 Å². The van der Waals surface area contributed by atoms with Crippen LogP contribution in [0.25, 0.3) is 0 Å². The monoisotopic (exact) mass is 333 g/mol. The van der Waals surface area contributed by atoms with Gasteiger partial charge in [0.05, 0.1) is 13.2 Å². The van der Waals surface area contributed by atoms with E-state index < -0.39 is 6.10 Å². The van der Waals surface area contributed by atoms with Gasteiger partial charge in [0, 0.05) is 27.8 Å². The Morgan fingerprint density at radius 2 is 2.25 bits per heavy atom. The van der Waals surface area contributed by atoms with E-state index in [2.05, 4.69) is 27.0 Å². The van der Waals surface area contributed by atoms with Crippen molar-refractivity contribution >= 4 is 15.9 Å². The molecule has 0 bridgehead atoms. The molecule has 20 heavy (non-hydrogen) atoms. The highest BCUT2D eigenvalue weighted by Gasteiger charge is 2.32. The molecule has 104 valence electrons. The van der Waals surface area contributed by atoms with Crippen molar-refractivity contribution < 1.29 is 9.84 Å². The third-order valence-corrected chi connectivity index (χ3v) is 4.39. The number of nitrogens with zero attached hydrogens (tertiary/aromatic N) is 1. The van der Waals surface area contributed by atoms with E-state index in [-0.39, 0.29) is 5.92 Å². The zero-order valence-electron chi connectivity index (χ0n) is 11.2. The summed E-state index contributed by atoms with van der Waals surface area (Å²) in [4.78, 5) is 4.45. The lowest BCUT2D eigenvalue weighted by Crippen LogP contribution is -2.10. The highest BCUT2D eigenvalue weighted by molar-refractivity contribution is 9.10. The van der Waals surface area contributed by atoms with Gasteiger partial charge < -0.3 is 9.84 Å². The van der Waals surface area contributed by atoms with Gasteiger partial charge in [-0.3, -0.25) is 4.98 Å². The average molecular weight is 334 g/mol. The molecule has 1 heterocycles. The number of aryl methyl sites for hydroxylation is 1. The van der Waals surface area contributed by atoms with E-state index in [1.807, 2.05) is 24.3 Å². The summed E-state index contributed by atoms with van der Waals surface area (Å²) in [5.41, 5.74) is 3.07. The maximum atomic E-state index is 10.8. The molecule has 0 radical (unpaired) electrons. The number of fused-ring (bicyclic) bond motifs is 1. The van der Waals surface area contributed by atoms with E-state index in [0.717, 1.165) is 28.6 Å². The predicted octanol–water partition coefficient (Wildman–Crippen LogP) is 3.62. The van der Waals surface area contributed by atoms with E-state index in [4.69, 9.17) is 4.74 Å². The Bertz CT molecular complexity index is 630. The largest absolute Gasteiger partial charge is 0.496 e. The highest BCUT2D eigenvalue weighted by atomic mass is 79.9. The van der Waals surface area contributed by atoms with E-state index in [0.29, 0.717) is 5.75 Å². The lowest BCUT2D eigenvalue weighted by Gasteiger charge is -2.21. The molecular formula is C16H16BrNO2. The number of aliphatic hydroxyl groups excluding tert-OH is 1. The summed E-state index contributed by atoms with van der Waals surface area (Å²) < 4.78 is 6.30. The fraction of sp³-hybridized carbons (Fsp3) is 0.312. The van der Waals surface area contributed by atoms with Crippen LogP contribution in [0.1, 0.15) is 35.3 Å². The van der Waals surface area contributed by atoms with Gasteiger partial charge in [-0.15, -0.1) is 0 Å². The number of ether oxygens (including phenoxy) is 1. The van der Waals surface area contributed by atoms with Crippen molar-refractivity contribution in [3.63, 3.8) is 0 Å². The van der Waals surface area contributed by atoms with Crippen LogP contribution >= 0.6 is 15.9 Å². The van der Waals surface area contributed by atoms with Crippen LogP contribution in [0, 0.1) is 0 Å². The van der Waals surface area contributed by atoms with Crippen LogP contribution in [0.2, 0.25) is 0 Å². The van der Waals surface area contributed by atoms with E-state index >= 15 is 0 Å². The maximum absolute atomic E-state index is 10.8. The van der Waals surface area contributed by atoms with Gasteiger partial charge in [0.1, 0.15) is 5.75 Å². The first-order valence-corrected chi connectivity index (χ1v) is 7.45. The summed E-state index contributed by atoms with van der Waals surface area (Å²) in [6.07, 6.45) is 3.09. The first-order chi connectivity index (χ1) is 9.70. The molecule has 1 aromatic carbocycles. The Balaban J connectivity index is 1.98. The summed E-state index contributed by atoms with van der Waals surface area (Å²) in [5.74, 6) is 0.750. The molecule has 0 fully saturated rings. The Morgan fingerprint density at radius 1 is 1.40 bits per heavy atom. The van der Waals surface area contributed by atoms with E-state index in [9.17, 15) is 5.11 Å². The quantitative estimate of drug-likeness (QED) is 0.932. The van der Waals surface area contributed by atoms with E-state index in [1.54, 1.807) is 13.3 Å². The molecule has 1 aromatic heterocycles. The van der Waals surface area contributed by atoms with Crippen LogP contribution in [-0.4, -0.2) is 17.2 Å². The highest BCUT2D eigenvalue weighted by Crippen LogP contribution is 2.43. The number of aromatic nitrogens is 1. The van der Waals surface area contributed by atoms with Crippen LogP contribution in [0.3, 0.4) is 0 Å². The van der Waals surface area contributed by atoms with Crippen LogP contribution < -0.4 is 4.74 Å². The van der Waals surface area contributed by atoms with Crippen molar-refractivity contribution in [3.05, 3.63) is 57.8 Å². The number of pyridine rings is 1. The lowest BCUT2D eigenvalue weighted by atomic mass is 9.93. The van der Waals surface area contributed by atoms with Crippen LogP contribution in [0.5, 0.6) is 5.75 Å². The molecule has 2 aromatic rings. The summed E-state index contributed by atoms with van der Waals surface area (Å²) in [5, 5.41) is 10.8. The van der Waals surface area contributed by atoms with Gasteiger partial charge in [0.15, 0.2) is 0 Å². The van der Waals surface area contributed by atoms with Gasteiger partial charge in [-0.05, 0) is 42.7 Å². The minimum atomic E-state index is -0.599. The zero-order valence-corrected chi connectivity index (χ0v) is 12.8. The molecule has 1 aliphatic rings. The number of methoxy groups -OCH3 is 1. The fourth-order valence-corrected chi connectivity index (χ4v) is 3.28. The molecule has 0 spiro atoms. The second-order valence-corrected chi connectivity index (χ2v) is 5.94. The summed E-state index contributed by atoms with van der Waals surface area (Å²) in [6, 6.07) is 9.75. The molecular weight excluding hydrogens is 318 g/mol. The Labute approximate surface area is 126 Å². The van der Waals surface area contributed by atoms with Crippen molar-refractivity contribution in [2.45, 2.75) is 24.9 Å². The molecule has 1 N–H and O–H groups in total. The first kappa shape index (κ1) is 13.6. The predicted molar refractivity (Wildman–Crippen MR) is 81.0 cm³/mol. The molecule has 0 saturated heterocycles. The number of aliphatic hydroxyl groups is 1. The molecule has 2 unspecified atom stereocenters. The molecule has 0 saturated carbocycles. The Kier molecular flexibility index (Phi) is 3.76. The normalized spacial score (nSPS) is 18.6. The molecule has 2 atom stereocenters. The molecule has 4 heteroatoms. The van der Waals surface area contributed by atoms with Crippen molar-refractivity contribution in [2.24, 2.45) is 0 Å². The van der Waals surface area contributed by atoms with Crippen LogP contribution in [-0.2, 0) is 6.42 Å². The van der Waals surface area contributed by atoms with Gasteiger partial charge >= 0.3 is 0 Å². The minimum absolute atomic E-state index is 0.0365. The fourth-order valence-electron chi connectivity index (χ4n) is 2.90. The average Bonchev–Trinajstić information content (AvgIpc) is 2.90. The zero-order chi connectivity index (χ0) is 14.1. The van der Waals surface area contributed by atoms with Crippen molar-refractivity contribution in [3.8, 4) is 5.75 Å². The summed E-state index contributed by atoms with van der Waals surface area (Å²) in [6.45, 7) is 0. The second-order valence-electron chi connectivity index (χ2n) is 5.02. The number of rotatable bonds is 3. The van der Waals surface area contributed by atoms with Crippen molar-refractivity contribution in [1.29, 1.82) is 0 Å². The maximum Gasteiger partial charge on any atom is 0.124 e. The van der Waals surface area contributed by atoms with Gasteiger partial charge in [-0.1, -0.05) is 22.0 Å². The Morgan fingerprint density at radius 3 is 3.05 bits per heavy atom. The third kappa shape index (κ3) is 2.34. The molecule has 0 aliphatic heterocycles. The lowest BCUT2D eigenvalue weighted by molar-refractivity contribution is 0.139. The van der Waals surface area contributed by atoms with Crippen LogP contribution in [0.4, 0.5) is 0 Å². The number of hydrogen-bond acceptors (Lipinski definition) is 3. The standard InChI is InChI=1S/C16H16BrNO2/c1-20-14-7-5-11(17)9-13(14)16(19)12-6-4-10-3-2-8-18-15(10)12/h2-3,5,7-9,12,16,19H,4,6H2,1H3. The van der Waals surface area contributed by atoms with Gasteiger partial charge in [-0.2, -0.15) is 0 Å². The summed E-state index contributed by atoms with van der Waals surface area (Å²) >= 11 is 3.45. The minimum Gasteiger partial charge on any atom is -0.496 e. The molecule has 3 nitrogen and oxygen atoms in total. The third-order valence-electron chi connectivity index (χ3n) is 3.89. The smallest absolute Gasteiger partial charge is 0.124 e. The Hall–Kier alpha value is -1.39. The molecule has 1 aliphatic carbocycles. The summed E-state index contributed by atoms with van der Waals surface area (Å²) in [7, 11) is 1.63. The first-order valence-electron chi connectivity index (χ1n) is 6.66. The topological polar surface area (TPSA) is 42.4 Å². The van der Waals surface area contributed by atoms with Gasteiger partial charge in [0.2, 0.25) is 0 Å². The van der Waals surface area contributed by atoms with Crippen LogP contribution in [0.15, 0.2) is 41.0 Å².